The number of hydrogen-bond acceptors (Lipinski definition) is 8. The Hall–Kier alpha value is -2.77. The molecule has 0 radical (unpaired) electrons. The predicted molar refractivity (Wildman–Crippen MR) is 162 cm³/mol. The van der Waals surface area contributed by atoms with Crippen molar-refractivity contribution in [2.45, 2.75) is 127 Å². The monoisotopic (exact) mass is 600 g/mol. The van der Waals surface area contributed by atoms with E-state index in [1.807, 2.05) is 0 Å². The SMILES string of the molecule is CN[C@@H](CCCCNC(=O)[C@@H](N)CNC(=O)[C@@H](N)CNC(=O)CCCCCCCCCCCCCCC(=O)O)C(=O)O. The molecular formula is C29H56N6O7. The van der Waals surface area contributed by atoms with Gasteiger partial charge in [-0.3, -0.25) is 24.0 Å². The molecule has 13 heteroatoms. The van der Waals surface area contributed by atoms with Crippen LogP contribution in [0.2, 0.25) is 0 Å². The van der Waals surface area contributed by atoms with Gasteiger partial charge in [-0.2, -0.15) is 0 Å². The molecule has 13 nitrogen and oxygen atoms in total. The number of carboxylic acid groups (broad SMARTS) is 2. The van der Waals surface area contributed by atoms with E-state index < -0.39 is 41.9 Å². The lowest BCUT2D eigenvalue weighted by Gasteiger charge is -2.16. The average Bonchev–Trinajstić information content (AvgIpc) is 2.95. The van der Waals surface area contributed by atoms with Crippen LogP contribution in [-0.4, -0.2) is 84.7 Å². The number of carbonyl (C=O) groups excluding carboxylic acids is 3. The van der Waals surface area contributed by atoms with Crippen LogP contribution in [-0.2, 0) is 24.0 Å². The largest absolute Gasteiger partial charge is 0.481 e. The molecule has 0 spiro atoms. The maximum absolute atomic E-state index is 12.2. The number of nitrogens with two attached hydrogens (primary N) is 2. The van der Waals surface area contributed by atoms with E-state index in [0.717, 1.165) is 44.9 Å². The highest BCUT2D eigenvalue weighted by Gasteiger charge is 2.19. The summed E-state index contributed by atoms with van der Waals surface area (Å²) in [5.41, 5.74) is 11.7. The van der Waals surface area contributed by atoms with Crippen molar-refractivity contribution in [1.29, 1.82) is 0 Å². The number of aliphatic carboxylic acids is 2. The number of carboxylic acids is 2. The lowest BCUT2D eigenvalue weighted by atomic mass is 10.0. The Labute approximate surface area is 250 Å². The van der Waals surface area contributed by atoms with Gasteiger partial charge in [0.2, 0.25) is 17.7 Å². The summed E-state index contributed by atoms with van der Waals surface area (Å²) in [6.45, 7) is 0.249. The van der Waals surface area contributed by atoms with Crippen LogP contribution < -0.4 is 32.7 Å². The molecular weight excluding hydrogens is 544 g/mol. The molecule has 0 aromatic heterocycles. The summed E-state index contributed by atoms with van der Waals surface area (Å²) < 4.78 is 0. The van der Waals surface area contributed by atoms with Gasteiger partial charge in [-0.25, -0.2) is 0 Å². The maximum Gasteiger partial charge on any atom is 0.320 e. The van der Waals surface area contributed by atoms with Gasteiger partial charge in [-0.1, -0.05) is 64.2 Å². The van der Waals surface area contributed by atoms with Crippen LogP contribution in [0.5, 0.6) is 0 Å². The number of carbonyl (C=O) groups is 5. The molecule has 3 atom stereocenters. The Kier molecular flexibility index (Phi) is 24.2. The molecule has 0 heterocycles. The first kappa shape index (κ1) is 39.2. The van der Waals surface area contributed by atoms with E-state index in [1.165, 1.54) is 32.1 Å². The van der Waals surface area contributed by atoms with E-state index in [1.54, 1.807) is 7.05 Å². The zero-order valence-electron chi connectivity index (χ0n) is 25.5. The second kappa shape index (κ2) is 25.9. The number of nitrogens with one attached hydrogen (secondary N) is 4. The molecule has 42 heavy (non-hydrogen) atoms. The van der Waals surface area contributed by atoms with Gasteiger partial charge in [-0.05, 0) is 39.2 Å². The van der Waals surface area contributed by atoms with Gasteiger partial charge in [0.25, 0.3) is 0 Å². The number of likely N-dealkylation sites (N-methyl/N-ethyl adjacent to an activating group) is 1. The number of unbranched alkanes of at least 4 members (excludes halogenated alkanes) is 12. The molecule has 0 unspecified atom stereocenters. The Morgan fingerprint density at radius 1 is 0.595 bits per heavy atom. The molecule has 0 bridgehead atoms. The lowest BCUT2D eigenvalue weighted by molar-refractivity contribution is -0.139. The predicted octanol–water partition coefficient (Wildman–Crippen LogP) is 1.38. The van der Waals surface area contributed by atoms with E-state index in [9.17, 15) is 24.0 Å². The van der Waals surface area contributed by atoms with Crippen molar-refractivity contribution in [2.24, 2.45) is 11.5 Å². The number of amides is 3. The number of rotatable bonds is 28. The average molecular weight is 601 g/mol. The molecule has 0 aliphatic heterocycles. The fourth-order valence-corrected chi connectivity index (χ4v) is 4.38. The van der Waals surface area contributed by atoms with E-state index >= 15 is 0 Å². The van der Waals surface area contributed by atoms with Gasteiger partial charge in [0.1, 0.15) is 18.1 Å². The molecule has 244 valence electrons. The van der Waals surface area contributed by atoms with Crippen LogP contribution in [0.25, 0.3) is 0 Å². The summed E-state index contributed by atoms with van der Waals surface area (Å²) in [6, 6.07) is -2.53. The van der Waals surface area contributed by atoms with Crippen molar-refractivity contribution in [3.8, 4) is 0 Å². The Morgan fingerprint density at radius 2 is 1.05 bits per heavy atom. The summed E-state index contributed by atoms with van der Waals surface area (Å²) >= 11 is 0. The van der Waals surface area contributed by atoms with Crippen molar-refractivity contribution in [3.05, 3.63) is 0 Å². The van der Waals surface area contributed by atoms with Crippen LogP contribution in [0.4, 0.5) is 0 Å². The van der Waals surface area contributed by atoms with Crippen molar-refractivity contribution in [3.63, 3.8) is 0 Å². The molecule has 0 aromatic rings. The lowest BCUT2D eigenvalue weighted by Crippen LogP contribution is -2.53. The minimum atomic E-state index is -0.957. The van der Waals surface area contributed by atoms with Gasteiger partial charge < -0.3 is 42.9 Å². The van der Waals surface area contributed by atoms with Crippen molar-refractivity contribution in [2.75, 3.05) is 26.7 Å². The van der Waals surface area contributed by atoms with Crippen LogP contribution >= 0.6 is 0 Å². The summed E-state index contributed by atoms with van der Waals surface area (Å²) in [5, 5.41) is 28.2. The smallest absolute Gasteiger partial charge is 0.320 e. The fraction of sp³-hybridized carbons (Fsp3) is 0.828. The van der Waals surface area contributed by atoms with Crippen molar-refractivity contribution in [1.82, 2.24) is 21.3 Å². The van der Waals surface area contributed by atoms with Gasteiger partial charge in [0.05, 0.1) is 0 Å². The molecule has 0 fully saturated rings. The van der Waals surface area contributed by atoms with Crippen LogP contribution in [0.3, 0.4) is 0 Å². The maximum atomic E-state index is 12.2. The van der Waals surface area contributed by atoms with E-state index in [2.05, 4.69) is 21.3 Å². The molecule has 0 saturated carbocycles. The van der Waals surface area contributed by atoms with E-state index in [-0.39, 0.29) is 25.4 Å². The molecule has 0 aromatic carbocycles. The van der Waals surface area contributed by atoms with Gasteiger partial charge in [0, 0.05) is 32.5 Å². The molecule has 10 N–H and O–H groups in total. The summed E-state index contributed by atoms with van der Waals surface area (Å²) in [7, 11) is 1.58. The number of hydrogen-bond donors (Lipinski definition) is 8. The molecule has 0 aliphatic rings. The van der Waals surface area contributed by atoms with Crippen LogP contribution in [0, 0.1) is 0 Å². The Morgan fingerprint density at radius 3 is 1.52 bits per heavy atom. The van der Waals surface area contributed by atoms with Crippen molar-refractivity contribution >= 4 is 29.7 Å². The van der Waals surface area contributed by atoms with Gasteiger partial charge in [-0.15, -0.1) is 0 Å². The first-order valence-electron chi connectivity index (χ1n) is 15.5. The highest BCUT2D eigenvalue weighted by molar-refractivity contribution is 5.85. The zero-order valence-corrected chi connectivity index (χ0v) is 25.5. The van der Waals surface area contributed by atoms with Crippen LogP contribution in [0.15, 0.2) is 0 Å². The second-order valence-corrected chi connectivity index (χ2v) is 10.9. The van der Waals surface area contributed by atoms with Gasteiger partial charge in [0.15, 0.2) is 0 Å². The van der Waals surface area contributed by atoms with E-state index in [4.69, 9.17) is 21.7 Å². The highest BCUT2D eigenvalue weighted by atomic mass is 16.4. The zero-order chi connectivity index (χ0) is 31.6. The summed E-state index contributed by atoms with van der Waals surface area (Å²) in [5.74, 6) is -2.72. The summed E-state index contributed by atoms with van der Waals surface area (Å²) in [4.78, 5) is 57.8. The third-order valence-corrected chi connectivity index (χ3v) is 7.10. The minimum Gasteiger partial charge on any atom is -0.481 e. The minimum absolute atomic E-state index is 0.00435. The summed E-state index contributed by atoms with van der Waals surface area (Å²) in [6.07, 6.45) is 15.1. The standard InChI is InChI=1S/C29H56N6O7/c1-32-24(29(41)42)16-14-15-19-33-27(39)23(31)21-35-28(40)22(30)20-34-25(36)17-12-10-8-6-4-2-3-5-7-9-11-13-18-26(37)38/h22-24,32H,2-21,30-31H2,1H3,(H,33,39)(H,34,36)(H,35,40)(H,37,38)(H,41,42)/t22-,23-,24-/m0/s1. The third kappa shape index (κ3) is 22.9. The first-order valence-corrected chi connectivity index (χ1v) is 15.5. The molecule has 3 amide bonds. The topological polar surface area (TPSA) is 226 Å². The molecule has 0 aliphatic carbocycles. The molecule has 0 rings (SSSR count). The highest BCUT2D eigenvalue weighted by Crippen LogP contribution is 2.13. The van der Waals surface area contributed by atoms with E-state index in [0.29, 0.717) is 32.2 Å². The Balaban J connectivity index is 3.73. The Bertz CT molecular complexity index is 784. The third-order valence-electron chi connectivity index (χ3n) is 7.10. The van der Waals surface area contributed by atoms with Crippen LogP contribution in [0.1, 0.15) is 109 Å². The van der Waals surface area contributed by atoms with Crippen molar-refractivity contribution < 1.29 is 34.2 Å². The normalized spacial score (nSPS) is 13.1. The quantitative estimate of drug-likeness (QED) is 0.0602. The second-order valence-electron chi connectivity index (χ2n) is 10.9. The molecule has 0 saturated heterocycles. The fourth-order valence-electron chi connectivity index (χ4n) is 4.38. The van der Waals surface area contributed by atoms with Gasteiger partial charge >= 0.3 is 11.9 Å². The first-order chi connectivity index (χ1) is 20.1.